The van der Waals surface area contributed by atoms with Crippen LogP contribution >= 0.6 is 11.3 Å². The first-order chi connectivity index (χ1) is 20.9. The van der Waals surface area contributed by atoms with Crippen LogP contribution in [0.3, 0.4) is 0 Å². The van der Waals surface area contributed by atoms with Gasteiger partial charge in [0.1, 0.15) is 17.5 Å². The molecule has 0 unspecified atom stereocenters. The molecule has 0 saturated carbocycles. The quantitative estimate of drug-likeness (QED) is 0.260. The van der Waals surface area contributed by atoms with Crippen LogP contribution in [0.4, 0.5) is 0 Å². The van der Waals surface area contributed by atoms with Crippen molar-refractivity contribution in [3.8, 4) is 22.8 Å². The number of esters is 1. The molecule has 218 valence electrons. The highest BCUT2D eigenvalue weighted by atomic mass is 32.1. The molecule has 8 nitrogen and oxygen atoms in total. The molecule has 3 heterocycles. The van der Waals surface area contributed by atoms with Gasteiger partial charge >= 0.3 is 5.97 Å². The van der Waals surface area contributed by atoms with Crippen LogP contribution in [0.25, 0.3) is 28.2 Å². The molecule has 1 atom stereocenters. The number of aryl methyl sites for hydroxylation is 1. The van der Waals surface area contributed by atoms with E-state index in [1.807, 2.05) is 48.5 Å². The summed E-state index contributed by atoms with van der Waals surface area (Å²) in [5, 5.41) is 1.02. The monoisotopic (exact) mass is 593 g/mol. The van der Waals surface area contributed by atoms with E-state index < -0.39 is 12.0 Å². The number of hydrogen-bond acceptors (Lipinski definition) is 7. The Labute approximate surface area is 252 Å². The molecule has 43 heavy (non-hydrogen) atoms. The summed E-state index contributed by atoms with van der Waals surface area (Å²) in [6.07, 6.45) is 1.93. The molecule has 1 aliphatic heterocycles. The van der Waals surface area contributed by atoms with Crippen LogP contribution < -0.4 is 24.4 Å². The summed E-state index contributed by atoms with van der Waals surface area (Å²) in [5.74, 6) is 0.544. The first-order valence-corrected chi connectivity index (χ1v) is 14.8. The summed E-state index contributed by atoms with van der Waals surface area (Å²) < 4.78 is 18.6. The van der Waals surface area contributed by atoms with E-state index in [1.54, 1.807) is 44.8 Å². The number of nitrogens with zero attached hydrogens (tertiary/aromatic N) is 2. The molecule has 2 aromatic heterocycles. The predicted molar refractivity (Wildman–Crippen MR) is 168 cm³/mol. The molecule has 1 aliphatic rings. The number of aromatic amines is 1. The molecular formula is C34H31N3O5S. The van der Waals surface area contributed by atoms with Crippen molar-refractivity contribution >= 4 is 34.3 Å². The average Bonchev–Trinajstić information content (AvgIpc) is 3.54. The summed E-state index contributed by atoms with van der Waals surface area (Å²) in [5.41, 5.74) is 6.11. The minimum Gasteiger partial charge on any atom is -0.497 e. The van der Waals surface area contributed by atoms with E-state index in [0.717, 1.165) is 33.3 Å². The smallest absolute Gasteiger partial charge is 0.338 e. The number of rotatable bonds is 7. The molecule has 0 bridgehead atoms. The Balaban J connectivity index is 1.63. The predicted octanol–water partition coefficient (Wildman–Crippen LogP) is 5.27. The lowest BCUT2D eigenvalue weighted by Gasteiger charge is -2.26. The first-order valence-electron chi connectivity index (χ1n) is 13.9. The van der Waals surface area contributed by atoms with E-state index in [0.29, 0.717) is 32.1 Å². The van der Waals surface area contributed by atoms with Gasteiger partial charge < -0.3 is 19.2 Å². The Morgan fingerprint density at radius 2 is 1.84 bits per heavy atom. The zero-order chi connectivity index (χ0) is 30.2. The van der Waals surface area contributed by atoms with Crippen LogP contribution in [-0.2, 0) is 9.53 Å². The van der Waals surface area contributed by atoms with Gasteiger partial charge in [0.05, 0.1) is 42.3 Å². The summed E-state index contributed by atoms with van der Waals surface area (Å²) >= 11 is 1.29. The maximum Gasteiger partial charge on any atom is 0.338 e. The third-order valence-corrected chi connectivity index (χ3v) is 8.66. The van der Waals surface area contributed by atoms with Gasteiger partial charge in [-0.2, -0.15) is 0 Å². The highest BCUT2D eigenvalue weighted by Crippen LogP contribution is 2.38. The lowest BCUT2D eigenvalue weighted by molar-refractivity contribution is -0.139. The number of carbonyl (C=O) groups excluding carboxylic acids is 1. The minimum atomic E-state index is -0.808. The summed E-state index contributed by atoms with van der Waals surface area (Å²) in [7, 11) is 3.12. The van der Waals surface area contributed by atoms with Crippen LogP contribution in [0, 0.1) is 6.92 Å². The number of carbonyl (C=O) groups is 1. The highest BCUT2D eigenvalue weighted by molar-refractivity contribution is 7.07. The van der Waals surface area contributed by atoms with Gasteiger partial charge in [-0.1, -0.05) is 59.9 Å². The molecule has 0 amide bonds. The van der Waals surface area contributed by atoms with Gasteiger partial charge in [-0.05, 0) is 50.1 Å². The fourth-order valence-electron chi connectivity index (χ4n) is 5.63. The summed E-state index contributed by atoms with van der Waals surface area (Å²) in [6.45, 7) is 5.77. The van der Waals surface area contributed by atoms with E-state index in [4.69, 9.17) is 19.2 Å². The van der Waals surface area contributed by atoms with E-state index in [9.17, 15) is 9.59 Å². The maximum atomic E-state index is 14.4. The van der Waals surface area contributed by atoms with Crippen molar-refractivity contribution in [1.82, 2.24) is 9.55 Å². The molecule has 6 rings (SSSR count). The van der Waals surface area contributed by atoms with Gasteiger partial charge in [0, 0.05) is 28.1 Å². The van der Waals surface area contributed by atoms with E-state index in [1.165, 1.54) is 11.3 Å². The molecule has 1 N–H and O–H groups in total. The highest BCUT2D eigenvalue weighted by Gasteiger charge is 2.35. The number of benzene rings is 3. The van der Waals surface area contributed by atoms with Gasteiger partial charge in [0.25, 0.3) is 5.56 Å². The standard InChI is InChI=1S/C34H31N3O5S/c1-6-42-33(39)28-20(3)35-34-37(31(28)24-16-15-22(40-4)17-26(24)41-5)32(38)27(43-34)18-25-23-14-10-11-19(2)29(23)36-30(25)21-12-8-7-9-13-21/h7-18,31,36H,6H2,1-5H3/b27-18+/t31-/m1/s1. The third kappa shape index (κ3) is 4.85. The van der Waals surface area contributed by atoms with Gasteiger partial charge in [-0.25, -0.2) is 9.79 Å². The second-order valence-corrected chi connectivity index (χ2v) is 11.2. The number of nitrogens with one attached hydrogen (secondary N) is 1. The number of aromatic nitrogens is 2. The maximum absolute atomic E-state index is 14.4. The number of methoxy groups -OCH3 is 2. The number of H-pyrrole nitrogens is 1. The molecule has 5 aromatic rings. The van der Waals surface area contributed by atoms with Gasteiger partial charge in [-0.15, -0.1) is 0 Å². The van der Waals surface area contributed by atoms with Crippen molar-refractivity contribution in [3.05, 3.63) is 114 Å². The fraction of sp³-hybridized carbons (Fsp3) is 0.206. The Kier molecular flexibility index (Phi) is 7.50. The topological polar surface area (TPSA) is 94.9 Å². The SMILES string of the molecule is CCOC(=O)C1=C(C)N=c2s/c(=C/c3c(-c4ccccc4)[nH]c4c(C)cccc34)c(=O)n2[C@@H]1c1ccc(OC)cc1OC. The van der Waals surface area contributed by atoms with E-state index in [-0.39, 0.29) is 17.7 Å². The molecule has 0 saturated heterocycles. The summed E-state index contributed by atoms with van der Waals surface area (Å²) in [6, 6.07) is 20.7. The lowest BCUT2D eigenvalue weighted by atomic mass is 9.95. The number of allylic oxidation sites excluding steroid dienone is 1. The molecule has 0 aliphatic carbocycles. The van der Waals surface area contributed by atoms with Crippen molar-refractivity contribution in [1.29, 1.82) is 0 Å². The van der Waals surface area contributed by atoms with E-state index in [2.05, 4.69) is 24.0 Å². The van der Waals surface area contributed by atoms with Crippen LogP contribution in [0.1, 0.15) is 36.6 Å². The zero-order valence-electron chi connectivity index (χ0n) is 24.6. The number of para-hydroxylation sites is 1. The molecule has 0 spiro atoms. The summed E-state index contributed by atoms with van der Waals surface area (Å²) in [4.78, 5) is 36.5. The van der Waals surface area contributed by atoms with Crippen molar-refractivity contribution in [2.75, 3.05) is 20.8 Å². The Morgan fingerprint density at radius 1 is 1.05 bits per heavy atom. The Hall–Kier alpha value is -4.89. The van der Waals surface area contributed by atoms with Crippen LogP contribution in [0.15, 0.2) is 87.8 Å². The molecule has 3 aromatic carbocycles. The Bertz CT molecular complexity index is 2090. The first kappa shape index (κ1) is 28.2. The van der Waals surface area contributed by atoms with Crippen LogP contribution in [0.5, 0.6) is 11.5 Å². The fourth-order valence-corrected chi connectivity index (χ4v) is 6.66. The normalized spacial score (nSPS) is 14.9. The number of fused-ring (bicyclic) bond motifs is 2. The minimum absolute atomic E-state index is 0.189. The second-order valence-electron chi connectivity index (χ2n) is 10.2. The lowest BCUT2D eigenvalue weighted by Crippen LogP contribution is -2.40. The molecular weight excluding hydrogens is 562 g/mol. The van der Waals surface area contributed by atoms with Crippen molar-refractivity contribution < 1.29 is 19.0 Å². The van der Waals surface area contributed by atoms with Gasteiger partial charge in [0.15, 0.2) is 4.80 Å². The molecule has 0 radical (unpaired) electrons. The average molecular weight is 594 g/mol. The van der Waals surface area contributed by atoms with Gasteiger partial charge in [-0.3, -0.25) is 9.36 Å². The third-order valence-electron chi connectivity index (χ3n) is 7.67. The molecule has 0 fully saturated rings. The second kappa shape index (κ2) is 11.4. The Morgan fingerprint density at radius 3 is 2.56 bits per heavy atom. The molecule has 9 heteroatoms. The number of hydrogen-bond donors (Lipinski definition) is 1. The largest absolute Gasteiger partial charge is 0.497 e. The zero-order valence-corrected chi connectivity index (χ0v) is 25.4. The van der Waals surface area contributed by atoms with Crippen LogP contribution in [-0.4, -0.2) is 36.3 Å². The van der Waals surface area contributed by atoms with Crippen LogP contribution in [0.2, 0.25) is 0 Å². The van der Waals surface area contributed by atoms with Crippen molar-refractivity contribution in [2.24, 2.45) is 4.99 Å². The van der Waals surface area contributed by atoms with Gasteiger partial charge in [0.2, 0.25) is 0 Å². The van der Waals surface area contributed by atoms with Crippen molar-refractivity contribution in [3.63, 3.8) is 0 Å². The number of thiazole rings is 1. The van der Waals surface area contributed by atoms with E-state index >= 15 is 0 Å². The number of ether oxygens (including phenoxy) is 3. The van der Waals surface area contributed by atoms with Crippen molar-refractivity contribution in [2.45, 2.75) is 26.8 Å².